The van der Waals surface area contributed by atoms with Gasteiger partial charge in [-0.05, 0) is 6.42 Å². The normalized spacial score (nSPS) is 11.8. The van der Waals surface area contributed by atoms with Crippen molar-refractivity contribution in [2.45, 2.75) is 25.2 Å². The van der Waals surface area contributed by atoms with Crippen molar-refractivity contribution in [3.8, 4) is 0 Å². The van der Waals surface area contributed by atoms with Crippen molar-refractivity contribution in [2.75, 3.05) is 18.8 Å². The predicted molar refractivity (Wildman–Crippen MR) is 72.2 cm³/mol. The van der Waals surface area contributed by atoms with Gasteiger partial charge >= 0.3 is 0 Å². The SMILES string of the molecule is CCCN(CC)S(=O)(=O)c1c(N)cc([N+](=O)[O-])cc1F. The molecule has 0 saturated carbocycles. The summed E-state index contributed by atoms with van der Waals surface area (Å²) in [6.45, 7) is 3.78. The van der Waals surface area contributed by atoms with E-state index in [-0.39, 0.29) is 13.1 Å². The summed E-state index contributed by atoms with van der Waals surface area (Å²) >= 11 is 0. The molecule has 0 amide bonds. The van der Waals surface area contributed by atoms with Gasteiger partial charge in [-0.3, -0.25) is 10.1 Å². The van der Waals surface area contributed by atoms with Gasteiger partial charge in [0.1, 0.15) is 4.90 Å². The van der Waals surface area contributed by atoms with E-state index in [0.29, 0.717) is 12.5 Å². The van der Waals surface area contributed by atoms with Crippen LogP contribution in [-0.4, -0.2) is 30.7 Å². The second-order valence-electron chi connectivity index (χ2n) is 4.10. The van der Waals surface area contributed by atoms with Crippen LogP contribution in [0.1, 0.15) is 20.3 Å². The highest BCUT2D eigenvalue weighted by Crippen LogP contribution is 2.29. The largest absolute Gasteiger partial charge is 0.397 e. The zero-order chi connectivity index (χ0) is 15.5. The third-order valence-corrected chi connectivity index (χ3v) is 4.76. The first kappa shape index (κ1) is 16.3. The Balaban J connectivity index is 3.43. The van der Waals surface area contributed by atoms with Gasteiger partial charge in [-0.2, -0.15) is 4.31 Å². The molecule has 0 bridgehead atoms. The predicted octanol–water partition coefficient (Wildman–Crippen LogP) is 1.74. The number of anilines is 1. The fraction of sp³-hybridized carbons (Fsp3) is 0.455. The first-order valence-corrected chi connectivity index (χ1v) is 7.43. The molecule has 0 aliphatic heterocycles. The van der Waals surface area contributed by atoms with E-state index in [1.807, 2.05) is 0 Å². The molecule has 9 heteroatoms. The van der Waals surface area contributed by atoms with Crippen LogP contribution in [0.2, 0.25) is 0 Å². The van der Waals surface area contributed by atoms with Crippen LogP contribution in [0, 0.1) is 15.9 Å². The standard InChI is InChI=1S/C11H16FN3O4S/c1-3-5-14(4-2)20(18,19)11-9(12)6-8(15(16)17)7-10(11)13/h6-7H,3-5,13H2,1-2H3. The van der Waals surface area contributed by atoms with Gasteiger partial charge in [-0.25, -0.2) is 12.8 Å². The lowest BCUT2D eigenvalue weighted by molar-refractivity contribution is -0.385. The molecular weight excluding hydrogens is 289 g/mol. The number of hydrogen-bond donors (Lipinski definition) is 1. The molecular formula is C11H16FN3O4S. The van der Waals surface area contributed by atoms with Crippen molar-refractivity contribution in [3.63, 3.8) is 0 Å². The van der Waals surface area contributed by atoms with Gasteiger partial charge in [0.2, 0.25) is 10.0 Å². The van der Waals surface area contributed by atoms with E-state index in [1.165, 1.54) is 0 Å². The molecule has 0 unspecified atom stereocenters. The highest BCUT2D eigenvalue weighted by atomic mass is 32.2. The van der Waals surface area contributed by atoms with E-state index in [0.717, 1.165) is 10.4 Å². The van der Waals surface area contributed by atoms with Crippen molar-refractivity contribution >= 4 is 21.4 Å². The van der Waals surface area contributed by atoms with Crippen LogP contribution in [0.4, 0.5) is 15.8 Å². The molecule has 0 fully saturated rings. The smallest absolute Gasteiger partial charge is 0.274 e. The van der Waals surface area contributed by atoms with E-state index in [9.17, 15) is 22.9 Å². The van der Waals surface area contributed by atoms with E-state index in [2.05, 4.69) is 0 Å². The number of rotatable bonds is 6. The monoisotopic (exact) mass is 305 g/mol. The van der Waals surface area contributed by atoms with Gasteiger partial charge in [-0.1, -0.05) is 13.8 Å². The summed E-state index contributed by atoms with van der Waals surface area (Å²) in [5.41, 5.74) is 4.43. The second-order valence-corrected chi connectivity index (χ2v) is 5.97. The zero-order valence-electron chi connectivity index (χ0n) is 11.2. The molecule has 1 aromatic carbocycles. The number of nitrogens with zero attached hydrogens (tertiary/aromatic N) is 2. The molecule has 0 aliphatic rings. The van der Waals surface area contributed by atoms with Crippen molar-refractivity contribution in [3.05, 3.63) is 28.1 Å². The third-order valence-electron chi connectivity index (χ3n) is 2.69. The minimum Gasteiger partial charge on any atom is -0.397 e. The van der Waals surface area contributed by atoms with E-state index >= 15 is 0 Å². The van der Waals surface area contributed by atoms with Crippen LogP contribution in [-0.2, 0) is 10.0 Å². The fourth-order valence-corrected chi connectivity index (χ4v) is 3.49. The maximum absolute atomic E-state index is 13.9. The van der Waals surface area contributed by atoms with Crippen LogP contribution < -0.4 is 5.73 Å². The molecule has 1 rings (SSSR count). The second kappa shape index (κ2) is 6.14. The van der Waals surface area contributed by atoms with Crippen molar-refractivity contribution in [1.29, 1.82) is 0 Å². The van der Waals surface area contributed by atoms with Gasteiger partial charge in [0, 0.05) is 19.2 Å². The van der Waals surface area contributed by atoms with Crippen molar-refractivity contribution in [2.24, 2.45) is 0 Å². The lowest BCUT2D eigenvalue weighted by Gasteiger charge is -2.20. The van der Waals surface area contributed by atoms with Crippen LogP contribution in [0.3, 0.4) is 0 Å². The average molecular weight is 305 g/mol. The molecule has 20 heavy (non-hydrogen) atoms. The lowest BCUT2D eigenvalue weighted by atomic mass is 10.3. The Morgan fingerprint density at radius 3 is 2.40 bits per heavy atom. The van der Waals surface area contributed by atoms with Crippen LogP contribution >= 0.6 is 0 Å². The maximum Gasteiger partial charge on any atom is 0.274 e. The van der Waals surface area contributed by atoms with Gasteiger partial charge in [0.25, 0.3) is 5.69 Å². The number of non-ortho nitro benzene ring substituents is 1. The average Bonchev–Trinajstić information content (AvgIpc) is 2.34. The molecule has 7 nitrogen and oxygen atoms in total. The summed E-state index contributed by atoms with van der Waals surface area (Å²) in [7, 11) is -4.11. The van der Waals surface area contributed by atoms with Crippen LogP contribution in [0.15, 0.2) is 17.0 Å². The van der Waals surface area contributed by atoms with Crippen LogP contribution in [0.25, 0.3) is 0 Å². The number of nitro benzene ring substituents is 1. The summed E-state index contributed by atoms with van der Waals surface area (Å²) in [6, 6.07) is 1.40. The molecule has 2 N–H and O–H groups in total. The van der Waals surface area contributed by atoms with Gasteiger partial charge in [0.05, 0.1) is 16.7 Å². The maximum atomic E-state index is 13.9. The Hall–Kier alpha value is -1.74. The summed E-state index contributed by atoms with van der Waals surface area (Å²) in [4.78, 5) is 9.04. The number of nitrogens with two attached hydrogens (primary N) is 1. The summed E-state index contributed by atoms with van der Waals surface area (Å²) < 4.78 is 39.6. The quantitative estimate of drug-likeness (QED) is 0.489. The number of sulfonamides is 1. The molecule has 1 aromatic rings. The topological polar surface area (TPSA) is 107 Å². The molecule has 0 aliphatic carbocycles. The first-order valence-electron chi connectivity index (χ1n) is 5.99. The summed E-state index contributed by atoms with van der Waals surface area (Å²) in [6.07, 6.45) is 0.557. The van der Waals surface area contributed by atoms with Gasteiger partial charge in [-0.15, -0.1) is 0 Å². The van der Waals surface area contributed by atoms with Crippen molar-refractivity contribution in [1.82, 2.24) is 4.31 Å². The number of benzene rings is 1. The number of nitrogen functional groups attached to an aromatic ring is 1. The first-order chi connectivity index (χ1) is 9.25. The fourth-order valence-electron chi connectivity index (χ4n) is 1.80. The number of nitro groups is 1. The highest BCUT2D eigenvalue weighted by molar-refractivity contribution is 7.89. The highest BCUT2D eigenvalue weighted by Gasteiger charge is 2.30. The molecule has 112 valence electrons. The molecule has 0 aromatic heterocycles. The zero-order valence-corrected chi connectivity index (χ0v) is 12.0. The Labute approximate surface area is 116 Å². The van der Waals surface area contributed by atoms with Crippen LogP contribution in [0.5, 0.6) is 0 Å². The Morgan fingerprint density at radius 2 is 2.00 bits per heavy atom. The number of hydrogen-bond acceptors (Lipinski definition) is 5. The molecule has 0 atom stereocenters. The van der Waals surface area contributed by atoms with E-state index < -0.39 is 37.0 Å². The third kappa shape index (κ3) is 3.05. The van der Waals surface area contributed by atoms with Gasteiger partial charge < -0.3 is 5.73 Å². The molecule has 0 spiro atoms. The van der Waals surface area contributed by atoms with E-state index in [4.69, 9.17) is 5.73 Å². The summed E-state index contributed by atoms with van der Waals surface area (Å²) in [5.74, 6) is -1.22. The molecule has 0 radical (unpaired) electrons. The molecule has 0 saturated heterocycles. The van der Waals surface area contributed by atoms with E-state index in [1.54, 1.807) is 13.8 Å². The Kier molecular flexibility index (Phi) is 5.01. The molecule has 0 heterocycles. The minimum atomic E-state index is -4.11. The van der Waals surface area contributed by atoms with Crippen molar-refractivity contribution < 1.29 is 17.7 Å². The Bertz CT molecular complexity index is 595. The number of halogens is 1. The minimum absolute atomic E-state index is 0.159. The summed E-state index contributed by atoms with van der Waals surface area (Å²) in [5, 5.41) is 10.6. The van der Waals surface area contributed by atoms with Gasteiger partial charge in [0.15, 0.2) is 5.82 Å². The Morgan fingerprint density at radius 1 is 1.40 bits per heavy atom. The lowest BCUT2D eigenvalue weighted by Crippen LogP contribution is -2.32.